The molecule has 0 aliphatic heterocycles. The van der Waals surface area contributed by atoms with Gasteiger partial charge in [-0.1, -0.05) is 60.7 Å². The van der Waals surface area contributed by atoms with Crippen LogP contribution in [0.3, 0.4) is 0 Å². The van der Waals surface area contributed by atoms with Crippen molar-refractivity contribution in [1.82, 2.24) is 4.98 Å². The van der Waals surface area contributed by atoms with Crippen molar-refractivity contribution in [3.8, 4) is 11.3 Å². The molecular formula is C19H18N2O3. The zero-order valence-electron chi connectivity index (χ0n) is 13.1. The molecule has 0 aliphatic rings. The van der Waals surface area contributed by atoms with Crippen LogP contribution in [0.1, 0.15) is 11.5 Å². The monoisotopic (exact) mass is 322 g/mol. The summed E-state index contributed by atoms with van der Waals surface area (Å²) in [5, 5.41) is 0. The van der Waals surface area contributed by atoms with Crippen molar-refractivity contribution >= 4 is 5.97 Å². The highest BCUT2D eigenvalue weighted by Crippen LogP contribution is 2.20. The highest BCUT2D eigenvalue weighted by molar-refractivity contribution is 5.75. The van der Waals surface area contributed by atoms with Crippen LogP contribution in [0.25, 0.3) is 11.3 Å². The van der Waals surface area contributed by atoms with Crippen molar-refractivity contribution in [2.75, 3.05) is 0 Å². The first kappa shape index (κ1) is 16.0. The quantitative estimate of drug-likeness (QED) is 0.706. The Balaban J connectivity index is 1.55. The van der Waals surface area contributed by atoms with Crippen molar-refractivity contribution in [3.05, 3.63) is 78.3 Å². The van der Waals surface area contributed by atoms with Gasteiger partial charge in [-0.3, -0.25) is 4.79 Å². The molecule has 1 heterocycles. The van der Waals surface area contributed by atoms with Crippen molar-refractivity contribution < 1.29 is 13.9 Å². The maximum atomic E-state index is 12.0. The number of hydrogen-bond acceptors (Lipinski definition) is 5. The molecule has 2 aromatic carbocycles. The van der Waals surface area contributed by atoms with Gasteiger partial charge >= 0.3 is 5.97 Å². The minimum absolute atomic E-state index is 0.195. The number of nitrogens with two attached hydrogens (primary N) is 1. The molecule has 3 aromatic rings. The Bertz CT molecular complexity index is 785. The largest absolute Gasteiger partial charge is 0.460 e. The predicted octanol–water partition coefficient (Wildman–Crippen LogP) is 2.95. The average Bonchev–Trinajstić information content (AvgIpc) is 3.10. The van der Waals surface area contributed by atoms with E-state index in [1.165, 1.54) is 0 Å². The van der Waals surface area contributed by atoms with Gasteiger partial charge in [-0.15, -0.1) is 0 Å². The normalized spacial score (nSPS) is 11.9. The summed E-state index contributed by atoms with van der Waals surface area (Å²) in [7, 11) is 0. The highest BCUT2D eigenvalue weighted by atomic mass is 16.5. The summed E-state index contributed by atoms with van der Waals surface area (Å²) in [6.07, 6.45) is 1.83. The van der Waals surface area contributed by atoms with Gasteiger partial charge in [0.15, 0.2) is 11.7 Å². The third-order valence-electron chi connectivity index (χ3n) is 3.53. The summed E-state index contributed by atoms with van der Waals surface area (Å²) in [4.78, 5) is 16.2. The van der Waals surface area contributed by atoms with E-state index in [0.717, 1.165) is 11.1 Å². The second kappa shape index (κ2) is 7.57. The van der Waals surface area contributed by atoms with E-state index in [9.17, 15) is 4.79 Å². The molecule has 0 saturated carbocycles. The molecule has 0 aliphatic carbocycles. The molecule has 0 spiro atoms. The number of carbonyl (C=O) groups is 1. The van der Waals surface area contributed by atoms with Crippen LogP contribution in [-0.2, 0) is 22.6 Å². The van der Waals surface area contributed by atoms with Gasteiger partial charge in [-0.05, 0) is 5.56 Å². The molecule has 5 nitrogen and oxygen atoms in total. The lowest BCUT2D eigenvalue weighted by Crippen LogP contribution is -2.34. The minimum atomic E-state index is -0.809. The highest BCUT2D eigenvalue weighted by Gasteiger charge is 2.19. The van der Waals surface area contributed by atoms with Gasteiger partial charge in [0.05, 0.1) is 12.6 Å². The van der Waals surface area contributed by atoms with Crippen molar-refractivity contribution in [2.24, 2.45) is 5.73 Å². The fraction of sp³-hybridized carbons (Fsp3) is 0.158. The molecule has 5 heteroatoms. The second-order valence-electron chi connectivity index (χ2n) is 5.39. The Kier molecular flexibility index (Phi) is 5.03. The first-order valence-electron chi connectivity index (χ1n) is 7.68. The number of hydrogen-bond donors (Lipinski definition) is 1. The SMILES string of the molecule is NC(Cc1ncc(-c2ccccc2)o1)C(=O)OCc1ccccc1. The molecule has 1 atom stereocenters. The van der Waals surface area contributed by atoms with Crippen LogP contribution in [0.2, 0.25) is 0 Å². The average molecular weight is 322 g/mol. The summed E-state index contributed by atoms with van der Waals surface area (Å²) in [5.74, 6) is 0.590. The van der Waals surface area contributed by atoms with Crippen LogP contribution in [0.5, 0.6) is 0 Å². The Morgan fingerprint density at radius 3 is 2.46 bits per heavy atom. The smallest absolute Gasteiger partial charge is 0.323 e. The Morgan fingerprint density at radius 2 is 1.75 bits per heavy atom. The van der Waals surface area contributed by atoms with Gasteiger partial charge in [0.2, 0.25) is 0 Å². The summed E-state index contributed by atoms with van der Waals surface area (Å²) < 4.78 is 10.9. The molecule has 0 radical (unpaired) electrons. The number of carbonyl (C=O) groups excluding carboxylic acids is 1. The van der Waals surface area contributed by atoms with E-state index in [2.05, 4.69) is 4.98 Å². The molecule has 1 unspecified atom stereocenters. The van der Waals surface area contributed by atoms with Crippen molar-refractivity contribution in [1.29, 1.82) is 0 Å². The van der Waals surface area contributed by atoms with E-state index in [-0.39, 0.29) is 13.0 Å². The predicted molar refractivity (Wildman–Crippen MR) is 89.9 cm³/mol. The zero-order valence-corrected chi connectivity index (χ0v) is 13.1. The summed E-state index contributed by atoms with van der Waals surface area (Å²) in [6.45, 7) is 0.203. The number of rotatable bonds is 6. The summed E-state index contributed by atoms with van der Waals surface area (Å²) in [5.41, 5.74) is 7.73. The fourth-order valence-electron chi connectivity index (χ4n) is 2.25. The van der Waals surface area contributed by atoms with E-state index >= 15 is 0 Å². The molecule has 24 heavy (non-hydrogen) atoms. The van der Waals surface area contributed by atoms with E-state index in [0.29, 0.717) is 11.7 Å². The lowest BCUT2D eigenvalue weighted by molar-refractivity contribution is -0.146. The van der Waals surface area contributed by atoms with E-state index < -0.39 is 12.0 Å². The van der Waals surface area contributed by atoms with Gasteiger partial charge < -0.3 is 14.9 Å². The van der Waals surface area contributed by atoms with Crippen molar-refractivity contribution in [3.63, 3.8) is 0 Å². The summed E-state index contributed by atoms with van der Waals surface area (Å²) >= 11 is 0. The van der Waals surface area contributed by atoms with Crippen molar-refractivity contribution in [2.45, 2.75) is 19.1 Å². The summed E-state index contributed by atoms with van der Waals surface area (Å²) in [6, 6.07) is 18.3. The number of nitrogens with zero attached hydrogens (tertiary/aromatic N) is 1. The molecular weight excluding hydrogens is 304 g/mol. The Morgan fingerprint density at radius 1 is 1.08 bits per heavy atom. The Hall–Kier alpha value is -2.92. The van der Waals surface area contributed by atoms with Crippen LogP contribution in [0.4, 0.5) is 0 Å². The fourth-order valence-corrected chi connectivity index (χ4v) is 2.25. The molecule has 3 rings (SSSR count). The standard InChI is InChI=1S/C19H18N2O3/c20-16(19(22)23-13-14-7-3-1-4-8-14)11-18-21-12-17(24-18)15-9-5-2-6-10-15/h1-10,12,16H,11,13,20H2. The molecule has 0 fully saturated rings. The lowest BCUT2D eigenvalue weighted by atomic mass is 10.2. The molecule has 1 aromatic heterocycles. The molecule has 0 saturated heterocycles. The zero-order chi connectivity index (χ0) is 16.8. The van der Waals surface area contributed by atoms with Crippen LogP contribution in [0, 0.1) is 0 Å². The van der Waals surface area contributed by atoms with E-state index in [1.807, 2.05) is 60.7 Å². The lowest BCUT2D eigenvalue weighted by Gasteiger charge is -2.09. The number of ether oxygens (including phenoxy) is 1. The third kappa shape index (κ3) is 4.08. The van der Waals surface area contributed by atoms with Gasteiger partial charge in [0, 0.05) is 5.56 Å². The Labute approximate surface area is 140 Å². The first-order chi connectivity index (χ1) is 11.7. The number of oxazole rings is 1. The topological polar surface area (TPSA) is 78.4 Å². The minimum Gasteiger partial charge on any atom is -0.460 e. The second-order valence-corrected chi connectivity index (χ2v) is 5.39. The number of aromatic nitrogens is 1. The van der Waals surface area contributed by atoms with Gasteiger partial charge in [0.1, 0.15) is 12.6 Å². The van der Waals surface area contributed by atoms with E-state index in [1.54, 1.807) is 6.20 Å². The van der Waals surface area contributed by atoms with Gasteiger partial charge in [-0.2, -0.15) is 0 Å². The molecule has 122 valence electrons. The van der Waals surface area contributed by atoms with Crippen LogP contribution in [-0.4, -0.2) is 17.0 Å². The van der Waals surface area contributed by atoms with Crippen LogP contribution in [0.15, 0.2) is 71.3 Å². The molecule has 2 N–H and O–H groups in total. The maximum Gasteiger partial charge on any atom is 0.323 e. The maximum absolute atomic E-state index is 12.0. The van der Waals surface area contributed by atoms with Crippen LogP contribution >= 0.6 is 0 Å². The molecule has 0 amide bonds. The van der Waals surface area contributed by atoms with Gasteiger partial charge in [0.25, 0.3) is 0 Å². The third-order valence-corrected chi connectivity index (χ3v) is 3.53. The first-order valence-corrected chi connectivity index (χ1v) is 7.68. The number of benzene rings is 2. The van der Waals surface area contributed by atoms with E-state index in [4.69, 9.17) is 14.9 Å². The molecule has 0 bridgehead atoms. The number of esters is 1. The van der Waals surface area contributed by atoms with Gasteiger partial charge in [-0.25, -0.2) is 4.98 Å². The van der Waals surface area contributed by atoms with Crippen LogP contribution < -0.4 is 5.73 Å².